The van der Waals surface area contributed by atoms with Crippen molar-refractivity contribution in [2.45, 2.75) is 31.6 Å². The predicted octanol–water partition coefficient (Wildman–Crippen LogP) is 4.91. The molecule has 0 spiro atoms. The second-order valence-electron chi connectivity index (χ2n) is 7.03. The average molecular weight is 415 g/mol. The largest absolute Gasteiger partial charge is 0.294 e. The second-order valence-corrected chi connectivity index (χ2v) is 7.47. The van der Waals surface area contributed by atoms with Crippen LogP contribution in [0.5, 0.6) is 0 Å². The van der Waals surface area contributed by atoms with Gasteiger partial charge in [0.1, 0.15) is 11.5 Å². The number of benzene rings is 2. The number of Topliss-reactive ketones (excluding diaryl/α,β-unsaturated/α-hetero) is 1. The third-order valence-corrected chi connectivity index (χ3v) is 5.57. The molecular formula is C21H16ClFN2O4. The first-order valence-electron chi connectivity index (χ1n) is 9.16. The highest BCUT2D eigenvalue weighted by atomic mass is 35.5. The first kappa shape index (κ1) is 19.3. The Kier molecular flexibility index (Phi) is 4.92. The molecule has 1 amide bonds. The monoisotopic (exact) mass is 414 g/mol. The maximum atomic E-state index is 14.5. The van der Waals surface area contributed by atoms with Gasteiger partial charge >= 0.3 is 0 Å². The molecule has 0 saturated heterocycles. The van der Waals surface area contributed by atoms with Gasteiger partial charge in [-0.3, -0.25) is 24.6 Å². The molecule has 2 aromatic rings. The van der Waals surface area contributed by atoms with Crippen molar-refractivity contribution in [3.63, 3.8) is 0 Å². The number of allylic oxidation sites excluding steroid dienone is 2. The molecule has 8 heteroatoms. The van der Waals surface area contributed by atoms with E-state index in [1.807, 2.05) is 0 Å². The molecule has 0 saturated carbocycles. The number of halogens is 2. The number of nitrogens with zero attached hydrogens (tertiary/aromatic N) is 2. The molecule has 0 bridgehead atoms. The zero-order chi connectivity index (χ0) is 20.7. The molecule has 1 aliphatic heterocycles. The summed E-state index contributed by atoms with van der Waals surface area (Å²) in [6.07, 6.45) is 1.07. The Morgan fingerprint density at radius 2 is 1.90 bits per heavy atom. The van der Waals surface area contributed by atoms with E-state index in [0.29, 0.717) is 30.5 Å². The van der Waals surface area contributed by atoms with Gasteiger partial charge in [-0.15, -0.1) is 0 Å². The number of carbonyl (C=O) groups is 2. The number of hydrogen-bond donors (Lipinski definition) is 0. The molecule has 1 heterocycles. The summed E-state index contributed by atoms with van der Waals surface area (Å²) in [7, 11) is 0. The molecule has 0 radical (unpaired) electrons. The second kappa shape index (κ2) is 7.40. The van der Waals surface area contributed by atoms with Gasteiger partial charge in [-0.05, 0) is 36.6 Å². The molecule has 1 aliphatic carbocycles. The Balaban J connectivity index is 1.93. The van der Waals surface area contributed by atoms with Gasteiger partial charge in [-0.1, -0.05) is 29.8 Å². The quantitative estimate of drug-likeness (QED) is 0.527. The Morgan fingerprint density at radius 1 is 1.14 bits per heavy atom. The lowest BCUT2D eigenvalue weighted by Gasteiger charge is -2.38. The summed E-state index contributed by atoms with van der Waals surface area (Å²) < 4.78 is 14.5. The zero-order valence-electron chi connectivity index (χ0n) is 15.2. The van der Waals surface area contributed by atoms with E-state index in [9.17, 15) is 24.1 Å². The Hall–Kier alpha value is -3.06. The summed E-state index contributed by atoms with van der Waals surface area (Å²) in [5.41, 5.74) is 0.814. The van der Waals surface area contributed by atoms with E-state index in [2.05, 4.69) is 0 Å². The minimum Gasteiger partial charge on any atom is -0.294 e. The van der Waals surface area contributed by atoms with Gasteiger partial charge in [0, 0.05) is 41.1 Å². The minimum absolute atomic E-state index is 0.0681. The maximum Gasteiger partial charge on any atom is 0.294 e. The number of ketones is 1. The van der Waals surface area contributed by atoms with Crippen molar-refractivity contribution in [1.29, 1.82) is 0 Å². The Morgan fingerprint density at radius 3 is 2.62 bits per heavy atom. The van der Waals surface area contributed by atoms with Crippen LogP contribution in [0.25, 0.3) is 0 Å². The van der Waals surface area contributed by atoms with Crippen molar-refractivity contribution >= 4 is 34.7 Å². The molecule has 4 rings (SSSR count). The van der Waals surface area contributed by atoms with Crippen LogP contribution >= 0.6 is 11.6 Å². The van der Waals surface area contributed by atoms with E-state index in [1.54, 1.807) is 18.2 Å². The van der Waals surface area contributed by atoms with Crippen molar-refractivity contribution < 1.29 is 18.9 Å². The first-order chi connectivity index (χ1) is 13.9. The molecule has 2 aromatic carbocycles. The number of hydrogen-bond acceptors (Lipinski definition) is 4. The van der Waals surface area contributed by atoms with E-state index in [0.717, 1.165) is 0 Å². The van der Waals surface area contributed by atoms with Crippen LogP contribution in [-0.4, -0.2) is 16.6 Å². The summed E-state index contributed by atoms with van der Waals surface area (Å²) >= 11 is 5.90. The maximum absolute atomic E-state index is 14.5. The molecular weight excluding hydrogens is 399 g/mol. The smallest absolute Gasteiger partial charge is 0.294 e. The van der Waals surface area contributed by atoms with Crippen LogP contribution in [0.1, 0.15) is 37.2 Å². The van der Waals surface area contributed by atoms with Gasteiger partial charge in [0.15, 0.2) is 5.78 Å². The zero-order valence-corrected chi connectivity index (χ0v) is 16.0. The van der Waals surface area contributed by atoms with Crippen molar-refractivity contribution in [3.05, 3.63) is 80.3 Å². The Labute approximate surface area is 170 Å². The molecule has 0 N–H and O–H groups in total. The van der Waals surface area contributed by atoms with Crippen LogP contribution < -0.4 is 4.90 Å². The van der Waals surface area contributed by atoms with Crippen LogP contribution in [0.2, 0.25) is 5.02 Å². The molecule has 6 nitrogen and oxygen atoms in total. The third kappa shape index (κ3) is 3.31. The first-order valence-corrected chi connectivity index (χ1v) is 9.54. The van der Waals surface area contributed by atoms with E-state index in [-0.39, 0.29) is 34.2 Å². The fraction of sp³-hybridized carbons (Fsp3) is 0.238. The van der Waals surface area contributed by atoms with Crippen molar-refractivity contribution in [2.75, 3.05) is 4.90 Å². The van der Waals surface area contributed by atoms with Gasteiger partial charge in [0.05, 0.1) is 4.92 Å². The fourth-order valence-electron chi connectivity index (χ4n) is 4.13. The lowest BCUT2D eigenvalue weighted by atomic mass is 9.77. The SMILES string of the molecule is O=C1CCCC2=C1C(c1ccccc1F)CC(=O)N2c1ccc(Cl)cc1[N+](=O)[O-]. The molecule has 1 unspecified atom stereocenters. The number of amides is 1. The minimum atomic E-state index is -0.700. The summed E-state index contributed by atoms with van der Waals surface area (Å²) in [4.78, 5) is 38.1. The van der Waals surface area contributed by atoms with E-state index in [4.69, 9.17) is 11.6 Å². The molecule has 1 atom stereocenters. The highest BCUT2D eigenvalue weighted by Gasteiger charge is 2.42. The number of carbonyl (C=O) groups excluding carboxylic acids is 2. The van der Waals surface area contributed by atoms with Crippen molar-refractivity contribution in [1.82, 2.24) is 0 Å². The number of nitro groups is 1. The Bertz CT molecular complexity index is 1080. The topological polar surface area (TPSA) is 80.5 Å². The van der Waals surface area contributed by atoms with Gasteiger partial charge in [0.25, 0.3) is 5.69 Å². The number of nitro benzene ring substituents is 1. The molecule has 0 fully saturated rings. The van der Waals surface area contributed by atoms with Crippen LogP contribution in [-0.2, 0) is 9.59 Å². The van der Waals surface area contributed by atoms with Gasteiger partial charge in [-0.2, -0.15) is 0 Å². The standard InChI is InChI=1S/C21H16ClFN2O4/c22-12-8-9-16(18(10-12)25(28)29)24-17-6-3-7-19(26)21(17)14(11-20(24)27)13-4-1-2-5-15(13)23/h1-2,4-5,8-10,14H,3,6-7,11H2. The number of rotatable bonds is 3. The normalized spacial score (nSPS) is 19.4. The van der Waals surface area contributed by atoms with Crippen LogP contribution in [0, 0.1) is 15.9 Å². The fourth-order valence-corrected chi connectivity index (χ4v) is 4.29. The summed E-state index contributed by atoms with van der Waals surface area (Å²) in [6, 6.07) is 10.1. The summed E-state index contributed by atoms with van der Waals surface area (Å²) in [5, 5.41) is 11.7. The molecule has 148 valence electrons. The van der Waals surface area contributed by atoms with E-state index < -0.39 is 22.6 Å². The lowest BCUT2D eigenvalue weighted by molar-refractivity contribution is -0.384. The van der Waals surface area contributed by atoms with Gasteiger partial charge in [-0.25, -0.2) is 4.39 Å². The lowest BCUT2D eigenvalue weighted by Crippen LogP contribution is -2.41. The molecule has 2 aliphatic rings. The van der Waals surface area contributed by atoms with E-state index >= 15 is 0 Å². The van der Waals surface area contributed by atoms with Gasteiger partial charge in [0.2, 0.25) is 5.91 Å². The highest BCUT2D eigenvalue weighted by Crippen LogP contribution is 2.45. The number of anilines is 1. The van der Waals surface area contributed by atoms with E-state index in [1.165, 1.54) is 29.2 Å². The predicted molar refractivity (Wildman–Crippen MR) is 105 cm³/mol. The van der Waals surface area contributed by atoms with Gasteiger partial charge < -0.3 is 0 Å². The average Bonchev–Trinajstić information content (AvgIpc) is 2.68. The van der Waals surface area contributed by atoms with Crippen molar-refractivity contribution in [2.24, 2.45) is 0 Å². The molecule has 29 heavy (non-hydrogen) atoms. The molecule has 0 aromatic heterocycles. The van der Waals surface area contributed by atoms with Crippen LogP contribution in [0.3, 0.4) is 0 Å². The summed E-state index contributed by atoms with van der Waals surface area (Å²) in [6.45, 7) is 0. The third-order valence-electron chi connectivity index (χ3n) is 5.33. The van der Waals surface area contributed by atoms with Crippen LogP contribution in [0.4, 0.5) is 15.8 Å². The van der Waals surface area contributed by atoms with Crippen LogP contribution in [0.15, 0.2) is 53.7 Å². The highest BCUT2D eigenvalue weighted by molar-refractivity contribution is 6.31. The van der Waals surface area contributed by atoms with Crippen molar-refractivity contribution in [3.8, 4) is 0 Å². The summed E-state index contributed by atoms with van der Waals surface area (Å²) in [5.74, 6) is -1.76.